The third kappa shape index (κ3) is 6.58. The summed E-state index contributed by atoms with van der Waals surface area (Å²) in [6.45, 7) is 3.65. The highest BCUT2D eigenvalue weighted by Gasteiger charge is 2.23. The van der Waals surface area contributed by atoms with Crippen LogP contribution in [0.15, 0.2) is 36.4 Å². The largest absolute Gasteiger partial charge is 0.496 e. The molecule has 2 aromatic rings. The molecule has 182 valence electrons. The molecule has 4 N–H and O–H groups in total. The molecule has 1 fully saturated rings. The van der Waals surface area contributed by atoms with E-state index in [2.05, 4.69) is 15.5 Å². The summed E-state index contributed by atoms with van der Waals surface area (Å²) < 4.78 is 5.24. The Hall–Kier alpha value is -3.37. The van der Waals surface area contributed by atoms with Gasteiger partial charge in [-0.05, 0) is 50.0 Å². The zero-order valence-corrected chi connectivity index (χ0v) is 19.6. The molecule has 1 unspecified atom stereocenters. The molecule has 2 amide bonds. The van der Waals surface area contributed by atoms with Gasteiger partial charge >= 0.3 is 0 Å². The minimum absolute atomic E-state index is 0.0484. The second kappa shape index (κ2) is 11.7. The summed E-state index contributed by atoms with van der Waals surface area (Å²) in [4.78, 5) is 37.3. The molecule has 10 nitrogen and oxygen atoms in total. The van der Waals surface area contributed by atoms with E-state index in [9.17, 15) is 19.7 Å². The Balaban J connectivity index is 1.37. The monoisotopic (exact) mass is 489 g/mol. The van der Waals surface area contributed by atoms with Gasteiger partial charge < -0.3 is 26.0 Å². The van der Waals surface area contributed by atoms with Crippen molar-refractivity contribution in [1.29, 1.82) is 0 Å². The highest BCUT2D eigenvalue weighted by Crippen LogP contribution is 2.29. The fourth-order valence-electron chi connectivity index (χ4n) is 3.87. The summed E-state index contributed by atoms with van der Waals surface area (Å²) in [5, 5.41) is 16.8. The summed E-state index contributed by atoms with van der Waals surface area (Å²) in [6.07, 6.45) is 1.74. The van der Waals surface area contributed by atoms with Crippen molar-refractivity contribution in [2.45, 2.75) is 12.8 Å². The predicted molar refractivity (Wildman–Crippen MR) is 129 cm³/mol. The fraction of sp³-hybridized carbons (Fsp3) is 0.391. The number of hydrogen-bond acceptors (Lipinski definition) is 7. The second-order valence-electron chi connectivity index (χ2n) is 8.15. The lowest BCUT2D eigenvalue weighted by Crippen LogP contribution is -2.32. The summed E-state index contributed by atoms with van der Waals surface area (Å²) in [7, 11) is 1.47. The van der Waals surface area contributed by atoms with Crippen LogP contribution >= 0.6 is 11.6 Å². The Morgan fingerprint density at radius 3 is 2.65 bits per heavy atom. The molecular weight excluding hydrogens is 462 g/mol. The first-order valence-corrected chi connectivity index (χ1v) is 11.3. The van der Waals surface area contributed by atoms with E-state index in [1.807, 2.05) is 0 Å². The maximum atomic E-state index is 12.6. The van der Waals surface area contributed by atoms with Gasteiger partial charge in [-0.3, -0.25) is 19.7 Å². The number of nitrogen functional groups attached to an aromatic ring is 1. The van der Waals surface area contributed by atoms with Gasteiger partial charge in [0.05, 0.1) is 28.3 Å². The van der Waals surface area contributed by atoms with Crippen LogP contribution in [0.3, 0.4) is 0 Å². The van der Waals surface area contributed by atoms with Crippen molar-refractivity contribution in [3.63, 3.8) is 0 Å². The third-order valence-corrected chi connectivity index (χ3v) is 6.09. The van der Waals surface area contributed by atoms with Crippen molar-refractivity contribution in [1.82, 2.24) is 15.5 Å². The normalized spacial score (nSPS) is 15.6. The molecule has 0 radical (unpaired) electrons. The summed E-state index contributed by atoms with van der Waals surface area (Å²) >= 11 is 6.05. The maximum absolute atomic E-state index is 12.6. The van der Waals surface area contributed by atoms with Gasteiger partial charge in [-0.2, -0.15) is 0 Å². The smallest absolute Gasteiger partial charge is 0.269 e. The molecule has 2 aromatic carbocycles. The molecule has 0 saturated carbocycles. The summed E-state index contributed by atoms with van der Waals surface area (Å²) in [5.74, 6) is 0.193. The topological polar surface area (TPSA) is 140 Å². The number of hydrogen-bond donors (Lipinski definition) is 3. The van der Waals surface area contributed by atoms with E-state index in [1.165, 1.54) is 43.5 Å². The summed E-state index contributed by atoms with van der Waals surface area (Å²) in [5.41, 5.74) is 6.81. The molecule has 1 saturated heterocycles. The van der Waals surface area contributed by atoms with E-state index < -0.39 is 4.92 Å². The number of nitro benzene ring substituents is 1. The number of nitrogens with two attached hydrogens (primary N) is 1. The van der Waals surface area contributed by atoms with Crippen LogP contribution < -0.4 is 21.1 Å². The van der Waals surface area contributed by atoms with Crippen molar-refractivity contribution in [2.75, 3.05) is 45.6 Å². The van der Waals surface area contributed by atoms with E-state index in [0.29, 0.717) is 46.6 Å². The zero-order chi connectivity index (χ0) is 24.7. The van der Waals surface area contributed by atoms with Gasteiger partial charge in [0.25, 0.3) is 17.5 Å². The van der Waals surface area contributed by atoms with Gasteiger partial charge in [0.2, 0.25) is 0 Å². The number of carbonyl (C=O) groups is 2. The van der Waals surface area contributed by atoms with E-state index in [-0.39, 0.29) is 17.5 Å². The molecule has 0 bridgehead atoms. The quantitative estimate of drug-likeness (QED) is 0.202. The van der Waals surface area contributed by atoms with Gasteiger partial charge in [0.1, 0.15) is 5.75 Å². The number of anilines is 1. The highest BCUT2D eigenvalue weighted by atomic mass is 35.5. The highest BCUT2D eigenvalue weighted by molar-refractivity contribution is 6.33. The molecule has 1 heterocycles. The number of nitrogens with zero attached hydrogens (tertiary/aromatic N) is 2. The zero-order valence-electron chi connectivity index (χ0n) is 18.9. The standard InChI is InChI=1S/C23H28ClN5O5/c1-34-21-12-20(25)19(24)11-18(21)23(31)27-13-15-7-10-28(14-15)9-2-8-26-22(30)16-3-5-17(6-4-16)29(32)33/h3-6,11-12,15H,2,7-10,13-14,25H2,1H3,(H,26,30)(H,27,31). The number of methoxy groups -OCH3 is 1. The van der Waals surface area contributed by atoms with Crippen LogP contribution in [0.5, 0.6) is 5.75 Å². The van der Waals surface area contributed by atoms with Crippen LogP contribution in [0.25, 0.3) is 0 Å². The van der Waals surface area contributed by atoms with Gasteiger partial charge in [-0.1, -0.05) is 11.6 Å². The Morgan fingerprint density at radius 2 is 1.97 bits per heavy atom. The van der Waals surface area contributed by atoms with E-state index >= 15 is 0 Å². The van der Waals surface area contributed by atoms with E-state index in [4.69, 9.17) is 22.1 Å². The van der Waals surface area contributed by atoms with Crippen LogP contribution in [-0.4, -0.2) is 61.5 Å². The van der Waals surface area contributed by atoms with Crippen LogP contribution in [0.1, 0.15) is 33.6 Å². The number of ether oxygens (including phenoxy) is 1. The predicted octanol–water partition coefficient (Wildman–Crippen LogP) is 2.71. The SMILES string of the molecule is COc1cc(N)c(Cl)cc1C(=O)NCC1CCN(CCCNC(=O)c2ccc([N+](=O)[O-])cc2)C1. The number of carbonyl (C=O) groups excluding carboxylic acids is 2. The lowest BCUT2D eigenvalue weighted by atomic mass is 10.1. The van der Waals surface area contributed by atoms with Gasteiger partial charge in [-0.15, -0.1) is 0 Å². The molecule has 1 atom stereocenters. The molecule has 1 aliphatic rings. The number of benzene rings is 2. The van der Waals surface area contributed by atoms with Crippen LogP contribution in [0.4, 0.5) is 11.4 Å². The summed E-state index contributed by atoms with van der Waals surface area (Å²) in [6, 6.07) is 8.57. The maximum Gasteiger partial charge on any atom is 0.269 e. The second-order valence-corrected chi connectivity index (χ2v) is 8.56. The first-order chi connectivity index (χ1) is 16.3. The van der Waals surface area contributed by atoms with Gasteiger partial charge in [0.15, 0.2) is 0 Å². The number of non-ortho nitro benzene ring substituents is 1. The number of nitrogens with one attached hydrogen (secondary N) is 2. The minimum atomic E-state index is -0.499. The molecule has 0 aromatic heterocycles. The number of rotatable bonds is 10. The van der Waals surface area contributed by atoms with Crippen molar-refractivity contribution in [2.24, 2.45) is 5.92 Å². The van der Waals surface area contributed by atoms with Crippen LogP contribution in [0.2, 0.25) is 5.02 Å². The van der Waals surface area contributed by atoms with Gasteiger partial charge in [-0.25, -0.2) is 0 Å². The number of amides is 2. The van der Waals surface area contributed by atoms with Crippen LogP contribution in [-0.2, 0) is 0 Å². The molecule has 34 heavy (non-hydrogen) atoms. The lowest BCUT2D eigenvalue weighted by Gasteiger charge is -2.17. The molecule has 1 aliphatic heterocycles. The van der Waals surface area contributed by atoms with Crippen molar-refractivity contribution in [3.05, 3.63) is 62.7 Å². The molecule has 3 rings (SSSR count). The molecule has 0 aliphatic carbocycles. The Labute approximate surface area is 202 Å². The first kappa shape index (κ1) is 25.3. The average molecular weight is 490 g/mol. The fourth-order valence-corrected chi connectivity index (χ4v) is 4.04. The Morgan fingerprint density at radius 1 is 1.24 bits per heavy atom. The Bertz CT molecular complexity index is 1050. The van der Waals surface area contributed by atoms with Crippen molar-refractivity contribution >= 4 is 34.8 Å². The van der Waals surface area contributed by atoms with E-state index in [1.54, 1.807) is 0 Å². The van der Waals surface area contributed by atoms with Gasteiger partial charge in [0, 0.05) is 43.4 Å². The van der Waals surface area contributed by atoms with Crippen LogP contribution in [0, 0.1) is 16.0 Å². The van der Waals surface area contributed by atoms with Crippen molar-refractivity contribution < 1.29 is 19.2 Å². The van der Waals surface area contributed by atoms with Crippen molar-refractivity contribution in [3.8, 4) is 5.75 Å². The van der Waals surface area contributed by atoms with E-state index in [0.717, 1.165) is 32.5 Å². The number of nitro groups is 1. The molecular formula is C23H28ClN5O5. The average Bonchev–Trinajstić information content (AvgIpc) is 3.29. The third-order valence-electron chi connectivity index (χ3n) is 5.76. The molecule has 0 spiro atoms. The number of likely N-dealkylation sites (tertiary alicyclic amines) is 1. The minimum Gasteiger partial charge on any atom is -0.496 e. The first-order valence-electron chi connectivity index (χ1n) is 10.9. The lowest BCUT2D eigenvalue weighted by molar-refractivity contribution is -0.384. The Kier molecular flexibility index (Phi) is 8.67. The molecule has 11 heteroatoms. The number of halogens is 1.